The number of carbonyl (C=O) groups is 1. The molecule has 0 radical (unpaired) electrons. The molecular formula is C27H31N5O2S. The standard InChI is InChI=1S/C27H31N5O2S/c1-4-34-23-10-6-5-8-20(23)16-28-26(33)21-9-7-15-31(17-21)27-29-25-24(35-27)19(3)30-32(25)22-13-11-18(2)12-14-22/h5-6,8,10-14,21H,4,7,9,15-17H2,1-3H3,(H,28,33). The van der Waals surface area contributed by atoms with E-state index in [0.29, 0.717) is 19.7 Å². The summed E-state index contributed by atoms with van der Waals surface area (Å²) in [5, 5.41) is 8.81. The predicted octanol–water partition coefficient (Wildman–Crippen LogP) is 5.03. The number of nitrogens with one attached hydrogen (secondary N) is 1. The summed E-state index contributed by atoms with van der Waals surface area (Å²) < 4.78 is 8.72. The summed E-state index contributed by atoms with van der Waals surface area (Å²) in [6, 6.07) is 16.2. The zero-order valence-electron chi connectivity index (χ0n) is 20.5. The highest BCUT2D eigenvalue weighted by Crippen LogP contribution is 2.34. The molecule has 0 spiro atoms. The molecule has 1 amide bonds. The topological polar surface area (TPSA) is 72.3 Å². The number of hydrogen-bond acceptors (Lipinski definition) is 6. The smallest absolute Gasteiger partial charge is 0.225 e. The van der Waals surface area contributed by atoms with Gasteiger partial charge in [0.2, 0.25) is 5.91 Å². The Kier molecular flexibility index (Phi) is 6.72. The van der Waals surface area contributed by atoms with Gasteiger partial charge in [-0.15, -0.1) is 0 Å². The van der Waals surface area contributed by atoms with Crippen LogP contribution in [0.15, 0.2) is 48.5 Å². The molecule has 1 aliphatic heterocycles. The number of piperidine rings is 1. The maximum absolute atomic E-state index is 13.1. The van der Waals surface area contributed by atoms with Gasteiger partial charge in [-0.2, -0.15) is 10.1 Å². The largest absolute Gasteiger partial charge is 0.494 e. The van der Waals surface area contributed by atoms with Crippen molar-refractivity contribution in [1.29, 1.82) is 0 Å². The van der Waals surface area contributed by atoms with Gasteiger partial charge in [-0.3, -0.25) is 4.79 Å². The third kappa shape index (κ3) is 4.89. The van der Waals surface area contributed by atoms with E-state index in [2.05, 4.69) is 41.4 Å². The first-order valence-electron chi connectivity index (χ1n) is 12.2. The van der Waals surface area contributed by atoms with Crippen LogP contribution in [0.25, 0.3) is 16.0 Å². The number of anilines is 1. The Bertz CT molecular complexity index is 1330. The molecule has 2 aromatic carbocycles. The van der Waals surface area contributed by atoms with Crippen LogP contribution in [0.3, 0.4) is 0 Å². The molecule has 0 saturated carbocycles. The first kappa shape index (κ1) is 23.4. The molecule has 2 aromatic heterocycles. The second-order valence-corrected chi connectivity index (χ2v) is 10.0. The van der Waals surface area contributed by atoms with E-state index < -0.39 is 0 Å². The van der Waals surface area contributed by atoms with E-state index in [-0.39, 0.29) is 11.8 Å². The van der Waals surface area contributed by atoms with Crippen molar-refractivity contribution < 1.29 is 9.53 Å². The molecule has 1 aliphatic rings. The van der Waals surface area contributed by atoms with Crippen molar-refractivity contribution in [2.24, 2.45) is 5.92 Å². The quantitative estimate of drug-likeness (QED) is 0.394. The average molecular weight is 490 g/mol. The zero-order valence-corrected chi connectivity index (χ0v) is 21.3. The van der Waals surface area contributed by atoms with E-state index in [9.17, 15) is 4.79 Å². The monoisotopic (exact) mass is 489 g/mol. The molecule has 3 heterocycles. The van der Waals surface area contributed by atoms with Crippen molar-refractivity contribution in [1.82, 2.24) is 20.1 Å². The van der Waals surface area contributed by atoms with Gasteiger partial charge in [0.1, 0.15) is 5.75 Å². The van der Waals surface area contributed by atoms with Gasteiger partial charge in [0.15, 0.2) is 10.8 Å². The normalized spacial score (nSPS) is 16.0. The fraction of sp³-hybridized carbons (Fsp3) is 0.370. The van der Waals surface area contributed by atoms with E-state index >= 15 is 0 Å². The second-order valence-electron chi connectivity index (χ2n) is 9.03. The highest BCUT2D eigenvalue weighted by atomic mass is 32.1. The summed E-state index contributed by atoms with van der Waals surface area (Å²) in [7, 11) is 0. The number of para-hydroxylation sites is 1. The van der Waals surface area contributed by atoms with Crippen LogP contribution in [-0.2, 0) is 11.3 Å². The van der Waals surface area contributed by atoms with Crippen molar-refractivity contribution in [3.05, 3.63) is 65.4 Å². The van der Waals surface area contributed by atoms with Crippen LogP contribution in [-0.4, -0.2) is 40.4 Å². The van der Waals surface area contributed by atoms with Gasteiger partial charge in [0.25, 0.3) is 0 Å². The van der Waals surface area contributed by atoms with E-state index in [0.717, 1.165) is 57.6 Å². The third-order valence-corrected chi connectivity index (χ3v) is 7.66. The number of thiazole rings is 1. The second kappa shape index (κ2) is 10.1. The minimum atomic E-state index is -0.0651. The number of carbonyl (C=O) groups excluding carboxylic acids is 1. The molecule has 7 nitrogen and oxygen atoms in total. The number of nitrogens with zero attached hydrogens (tertiary/aromatic N) is 4. The molecule has 8 heteroatoms. The number of ether oxygens (including phenoxy) is 1. The molecule has 1 saturated heterocycles. The third-order valence-electron chi connectivity index (χ3n) is 6.44. The lowest BCUT2D eigenvalue weighted by Gasteiger charge is -2.31. The zero-order chi connectivity index (χ0) is 24.4. The number of fused-ring (bicyclic) bond motifs is 1. The van der Waals surface area contributed by atoms with Crippen LogP contribution in [0.5, 0.6) is 5.75 Å². The molecular weight excluding hydrogens is 458 g/mol. The molecule has 1 fully saturated rings. The summed E-state index contributed by atoms with van der Waals surface area (Å²) >= 11 is 1.66. The maximum Gasteiger partial charge on any atom is 0.225 e. The number of amides is 1. The lowest BCUT2D eigenvalue weighted by atomic mass is 9.97. The van der Waals surface area contributed by atoms with Crippen LogP contribution in [0.1, 0.15) is 36.6 Å². The number of benzene rings is 2. The number of aromatic nitrogens is 3. The van der Waals surface area contributed by atoms with E-state index in [1.165, 1.54) is 5.56 Å². The van der Waals surface area contributed by atoms with Crippen molar-refractivity contribution in [3.63, 3.8) is 0 Å². The summed E-state index contributed by atoms with van der Waals surface area (Å²) in [4.78, 5) is 20.3. The Morgan fingerprint density at radius 3 is 2.77 bits per heavy atom. The molecule has 1 unspecified atom stereocenters. The summed E-state index contributed by atoms with van der Waals surface area (Å²) in [5.41, 5.74) is 5.08. The van der Waals surface area contributed by atoms with Crippen molar-refractivity contribution in [2.45, 2.75) is 40.2 Å². The molecule has 5 rings (SSSR count). The van der Waals surface area contributed by atoms with Gasteiger partial charge in [-0.1, -0.05) is 47.2 Å². The Labute approximate surface area is 209 Å². The Morgan fingerprint density at radius 2 is 1.97 bits per heavy atom. The SMILES string of the molecule is CCOc1ccccc1CNC(=O)C1CCCN(c2nc3c(s2)c(C)nn3-c2ccc(C)cc2)C1. The average Bonchev–Trinajstić information content (AvgIpc) is 3.45. The Morgan fingerprint density at radius 1 is 1.17 bits per heavy atom. The van der Waals surface area contributed by atoms with Crippen molar-refractivity contribution in [3.8, 4) is 11.4 Å². The van der Waals surface area contributed by atoms with Crippen molar-refractivity contribution in [2.75, 3.05) is 24.6 Å². The minimum Gasteiger partial charge on any atom is -0.494 e. The highest BCUT2D eigenvalue weighted by molar-refractivity contribution is 7.22. The lowest BCUT2D eigenvalue weighted by molar-refractivity contribution is -0.125. The van der Waals surface area contributed by atoms with E-state index in [1.807, 2.05) is 42.8 Å². The lowest BCUT2D eigenvalue weighted by Crippen LogP contribution is -2.43. The van der Waals surface area contributed by atoms with E-state index in [1.54, 1.807) is 11.3 Å². The van der Waals surface area contributed by atoms with Gasteiger partial charge < -0.3 is 15.0 Å². The highest BCUT2D eigenvalue weighted by Gasteiger charge is 2.28. The van der Waals surface area contributed by atoms with Gasteiger partial charge in [-0.05, 0) is 51.8 Å². The first-order valence-corrected chi connectivity index (χ1v) is 13.0. The maximum atomic E-state index is 13.1. The molecule has 4 aromatic rings. The van der Waals surface area contributed by atoms with Gasteiger partial charge in [0, 0.05) is 25.2 Å². The number of rotatable bonds is 7. The van der Waals surface area contributed by atoms with Crippen LogP contribution >= 0.6 is 11.3 Å². The fourth-order valence-electron chi connectivity index (χ4n) is 4.56. The minimum absolute atomic E-state index is 0.0651. The van der Waals surface area contributed by atoms with Crippen LogP contribution < -0.4 is 15.0 Å². The summed E-state index contributed by atoms with van der Waals surface area (Å²) in [5.74, 6) is 0.849. The Balaban J connectivity index is 1.30. The molecule has 1 atom stereocenters. The van der Waals surface area contributed by atoms with Gasteiger partial charge >= 0.3 is 0 Å². The summed E-state index contributed by atoms with van der Waals surface area (Å²) in [6.07, 6.45) is 1.85. The van der Waals surface area contributed by atoms with E-state index in [4.69, 9.17) is 14.8 Å². The van der Waals surface area contributed by atoms with Crippen molar-refractivity contribution >= 4 is 32.7 Å². The molecule has 0 aliphatic carbocycles. The number of hydrogen-bond donors (Lipinski definition) is 1. The van der Waals surface area contributed by atoms with Gasteiger partial charge in [0.05, 0.1) is 28.6 Å². The first-order chi connectivity index (χ1) is 17.0. The van der Waals surface area contributed by atoms with Crippen LogP contribution in [0, 0.1) is 19.8 Å². The summed E-state index contributed by atoms with van der Waals surface area (Å²) in [6.45, 7) is 8.73. The van der Waals surface area contributed by atoms with Crippen LogP contribution in [0.4, 0.5) is 5.13 Å². The molecule has 182 valence electrons. The van der Waals surface area contributed by atoms with Gasteiger partial charge in [-0.25, -0.2) is 4.68 Å². The predicted molar refractivity (Wildman–Crippen MR) is 141 cm³/mol. The molecule has 0 bridgehead atoms. The fourth-order valence-corrected chi connectivity index (χ4v) is 5.58. The molecule has 1 N–H and O–H groups in total. The molecule has 35 heavy (non-hydrogen) atoms. The number of aryl methyl sites for hydroxylation is 2. The Hall–Kier alpha value is -3.39. The van der Waals surface area contributed by atoms with Crippen LogP contribution in [0.2, 0.25) is 0 Å².